The second-order valence-electron chi connectivity index (χ2n) is 3.27. The molecule has 0 aromatic heterocycles. The second kappa shape index (κ2) is 3.85. The summed E-state index contributed by atoms with van der Waals surface area (Å²) in [7, 11) is 0. The molecule has 0 aliphatic heterocycles. The first kappa shape index (κ1) is 11.4. The summed E-state index contributed by atoms with van der Waals surface area (Å²) in [5, 5.41) is 0. The average molecular weight is 367 g/mol. The zero-order valence-corrected chi connectivity index (χ0v) is 11.4. The topological polar surface area (TPSA) is 58.9 Å². The summed E-state index contributed by atoms with van der Waals surface area (Å²) in [4.78, 5) is 23.3. The van der Waals surface area contributed by atoms with Gasteiger partial charge in [-0.15, -0.1) is 0 Å². The van der Waals surface area contributed by atoms with Gasteiger partial charge in [0, 0.05) is 0 Å². The number of nitroso groups, excluding NO2 is 2. The van der Waals surface area contributed by atoms with Gasteiger partial charge >= 0.3 is 84.7 Å². The van der Waals surface area contributed by atoms with Crippen molar-refractivity contribution < 1.29 is 15.3 Å². The van der Waals surface area contributed by atoms with Crippen LogP contribution in [-0.2, 0) is 15.3 Å². The SMILES string of the molecule is C[CH2][W]([CH2]C)([N]=O)([N]=O)[C]1=CC=CC1. The second-order valence-corrected chi connectivity index (χ2v) is 19.5. The van der Waals surface area contributed by atoms with Gasteiger partial charge in [0.2, 0.25) is 0 Å². The Morgan fingerprint density at radius 2 is 1.86 bits per heavy atom. The third kappa shape index (κ3) is 1.33. The maximum absolute atomic E-state index is 11.1. The van der Waals surface area contributed by atoms with E-state index in [4.69, 9.17) is 0 Å². The Bertz CT molecular complexity index is 307. The van der Waals surface area contributed by atoms with Gasteiger partial charge in [-0.25, -0.2) is 0 Å². The molecule has 0 amide bonds. The van der Waals surface area contributed by atoms with E-state index in [-0.39, 0.29) is 0 Å². The Balaban J connectivity index is 3.27. The first-order valence-electron chi connectivity index (χ1n) is 4.64. The number of rotatable bonds is 5. The average Bonchev–Trinajstić information content (AvgIpc) is 2.78. The van der Waals surface area contributed by atoms with Crippen LogP contribution in [-0.4, -0.2) is 0 Å². The Morgan fingerprint density at radius 1 is 1.29 bits per heavy atom. The molecule has 0 saturated heterocycles. The van der Waals surface area contributed by atoms with Gasteiger partial charge in [-0.3, -0.25) is 0 Å². The summed E-state index contributed by atoms with van der Waals surface area (Å²) in [6.07, 6.45) is 6.37. The molecule has 0 atom stereocenters. The summed E-state index contributed by atoms with van der Waals surface area (Å²) >= 11 is -4.29. The molecule has 14 heavy (non-hydrogen) atoms. The van der Waals surface area contributed by atoms with Crippen LogP contribution in [0.3, 0.4) is 0 Å². The van der Waals surface area contributed by atoms with E-state index in [0.29, 0.717) is 16.0 Å². The maximum atomic E-state index is 11.1. The van der Waals surface area contributed by atoms with Gasteiger partial charge in [-0.2, -0.15) is 0 Å². The van der Waals surface area contributed by atoms with Crippen molar-refractivity contribution in [2.24, 2.45) is 7.47 Å². The van der Waals surface area contributed by atoms with Crippen LogP contribution in [0.15, 0.2) is 29.7 Å². The van der Waals surface area contributed by atoms with E-state index in [0.717, 1.165) is 3.96 Å². The van der Waals surface area contributed by atoms with Crippen LogP contribution >= 0.6 is 0 Å². The normalized spacial score (nSPS) is 18.4. The van der Waals surface area contributed by atoms with Crippen LogP contribution in [0.25, 0.3) is 0 Å². The Hall–Kier alpha value is -0.632. The fourth-order valence-corrected chi connectivity index (χ4v) is 11.2. The zero-order valence-electron chi connectivity index (χ0n) is 8.47. The molecule has 0 N–H and O–H groups in total. The molecule has 0 unspecified atom stereocenters. The molecule has 1 rings (SSSR count). The first-order chi connectivity index (χ1) is 6.67. The van der Waals surface area contributed by atoms with Crippen LogP contribution in [0.4, 0.5) is 0 Å². The molecule has 0 saturated carbocycles. The summed E-state index contributed by atoms with van der Waals surface area (Å²) in [5.41, 5.74) is 0. The molecule has 79 valence electrons. The van der Waals surface area contributed by atoms with Gasteiger partial charge < -0.3 is 0 Å². The molecule has 0 aromatic carbocycles. The van der Waals surface area contributed by atoms with Crippen molar-refractivity contribution in [3.8, 4) is 0 Å². The Kier molecular flexibility index (Phi) is 3.15. The van der Waals surface area contributed by atoms with Crippen LogP contribution in [0, 0.1) is 9.81 Å². The molecule has 0 fully saturated rings. The number of allylic oxidation sites excluding steroid dienone is 4. The third-order valence-corrected chi connectivity index (χ3v) is 19.6. The molecule has 0 aromatic rings. The van der Waals surface area contributed by atoms with Crippen LogP contribution in [0.1, 0.15) is 20.3 Å². The van der Waals surface area contributed by atoms with Crippen LogP contribution in [0.2, 0.25) is 9.62 Å². The van der Waals surface area contributed by atoms with Crippen molar-refractivity contribution in [3.63, 3.8) is 0 Å². The zero-order chi connectivity index (χ0) is 10.7. The molecule has 1 aliphatic rings. The minimum absolute atomic E-state index is 0.525. The number of hydrogen-bond acceptors (Lipinski definition) is 4. The number of hydrogen-bond donors (Lipinski definition) is 0. The standard InChI is InChI=1S/C5H5.2C2H5.2NO.W/c1-2-4-5-3-1;4*1-2;/h1-3H,4H2;2*1H2,2H3;;;/q;;;2*-1;+2. The molecule has 4 nitrogen and oxygen atoms in total. The first-order valence-corrected chi connectivity index (χ1v) is 12.9. The molecular weight excluding hydrogens is 352 g/mol. The van der Waals surface area contributed by atoms with E-state index < -0.39 is 15.3 Å². The van der Waals surface area contributed by atoms with E-state index in [9.17, 15) is 9.81 Å². The van der Waals surface area contributed by atoms with Crippen LogP contribution in [0.5, 0.6) is 0 Å². The van der Waals surface area contributed by atoms with Crippen LogP contribution < -0.4 is 0 Å². The van der Waals surface area contributed by atoms with E-state index in [1.54, 1.807) is 0 Å². The fourth-order valence-electron chi connectivity index (χ4n) is 1.67. The van der Waals surface area contributed by atoms with Gasteiger partial charge in [0.25, 0.3) is 0 Å². The molecule has 0 bridgehead atoms. The van der Waals surface area contributed by atoms with E-state index >= 15 is 0 Å². The van der Waals surface area contributed by atoms with Crippen molar-refractivity contribution in [3.05, 3.63) is 32.0 Å². The van der Waals surface area contributed by atoms with Crippen molar-refractivity contribution in [2.45, 2.75) is 29.9 Å². The predicted octanol–water partition coefficient (Wildman–Crippen LogP) is 3.76. The summed E-state index contributed by atoms with van der Waals surface area (Å²) in [5.74, 6) is 0. The predicted molar refractivity (Wildman–Crippen MR) is 54.4 cm³/mol. The summed E-state index contributed by atoms with van der Waals surface area (Å²) < 4.78 is 7.44. The molecule has 0 spiro atoms. The summed E-state index contributed by atoms with van der Waals surface area (Å²) in [6, 6.07) is 0. The van der Waals surface area contributed by atoms with Crippen molar-refractivity contribution >= 4 is 0 Å². The van der Waals surface area contributed by atoms with E-state index in [1.165, 1.54) is 0 Å². The van der Waals surface area contributed by atoms with Crippen molar-refractivity contribution in [1.29, 1.82) is 0 Å². The molecule has 1 aliphatic carbocycles. The van der Waals surface area contributed by atoms with Gasteiger partial charge in [0.1, 0.15) is 0 Å². The van der Waals surface area contributed by atoms with Gasteiger partial charge in [0.15, 0.2) is 0 Å². The van der Waals surface area contributed by atoms with Gasteiger partial charge in [-0.05, 0) is 0 Å². The van der Waals surface area contributed by atoms with E-state index in [2.05, 4.69) is 7.47 Å². The van der Waals surface area contributed by atoms with E-state index in [1.807, 2.05) is 32.1 Å². The molecule has 0 radical (unpaired) electrons. The van der Waals surface area contributed by atoms with Gasteiger partial charge in [-0.1, -0.05) is 0 Å². The fraction of sp³-hybridized carbons (Fsp3) is 0.556. The summed E-state index contributed by atoms with van der Waals surface area (Å²) in [6.45, 7) is 3.71. The Morgan fingerprint density at radius 3 is 2.14 bits per heavy atom. The number of nitrogens with zero attached hydrogens (tertiary/aromatic N) is 2. The van der Waals surface area contributed by atoms with Gasteiger partial charge in [0.05, 0.1) is 0 Å². The Labute approximate surface area is 84.8 Å². The molecule has 5 heteroatoms. The minimum atomic E-state index is -4.29. The van der Waals surface area contributed by atoms with Crippen molar-refractivity contribution in [2.75, 3.05) is 0 Å². The molecular formula is C9H15N2O2W. The molecule has 0 heterocycles. The monoisotopic (exact) mass is 367 g/mol. The third-order valence-electron chi connectivity index (χ3n) is 2.91. The quantitative estimate of drug-likeness (QED) is 0.695. The van der Waals surface area contributed by atoms with Crippen molar-refractivity contribution in [1.82, 2.24) is 0 Å².